The van der Waals surface area contributed by atoms with E-state index in [0.29, 0.717) is 5.65 Å². The Labute approximate surface area is 150 Å². The van der Waals surface area contributed by atoms with E-state index < -0.39 is 5.97 Å². The fraction of sp³-hybridized carbons (Fsp3) is 0.0952. The van der Waals surface area contributed by atoms with Crippen LogP contribution in [0.3, 0.4) is 0 Å². The molecule has 0 bridgehead atoms. The zero-order valence-electron chi connectivity index (χ0n) is 14.5. The van der Waals surface area contributed by atoms with E-state index in [1.54, 1.807) is 4.52 Å². The lowest BCUT2D eigenvalue weighted by Gasteiger charge is -2.09. The molecule has 0 aliphatic heterocycles. The molecule has 0 aliphatic carbocycles. The second-order valence-electron chi connectivity index (χ2n) is 6.36. The number of carboxylic acids is 1. The molecule has 2 aromatic heterocycles. The molecule has 26 heavy (non-hydrogen) atoms. The van der Waals surface area contributed by atoms with E-state index >= 15 is 0 Å². The molecule has 0 atom stereocenters. The minimum atomic E-state index is -1.04. The van der Waals surface area contributed by atoms with Crippen LogP contribution < -0.4 is 0 Å². The van der Waals surface area contributed by atoms with Crippen molar-refractivity contribution in [3.8, 4) is 22.5 Å². The number of hydrogen-bond donors (Lipinski definition) is 1. The van der Waals surface area contributed by atoms with Gasteiger partial charge in [0.15, 0.2) is 5.65 Å². The first-order chi connectivity index (χ1) is 12.5. The highest BCUT2D eigenvalue weighted by molar-refractivity contribution is 5.95. The van der Waals surface area contributed by atoms with Crippen LogP contribution in [0.2, 0.25) is 0 Å². The Kier molecular flexibility index (Phi) is 3.77. The summed E-state index contributed by atoms with van der Waals surface area (Å²) in [5.41, 5.74) is 6.15. The normalized spacial score (nSPS) is 11.0. The molecule has 0 amide bonds. The molecule has 4 rings (SSSR count). The topological polar surface area (TPSA) is 67.5 Å². The van der Waals surface area contributed by atoms with Crippen LogP contribution in [0.25, 0.3) is 28.2 Å². The van der Waals surface area contributed by atoms with Crippen molar-refractivity contribution in [2.45, 2.75) is 13.8 Å². The van der Waals surface area contributed by atoms with Gasteiger partial charge in [-0.1, -0.05) is 59.7 Å². The van der Waals surface area contributed by atoms with E-state index in [9.17, 15) is 9.90 Å². The third-order valence-electron chi connectivity index (χ3n) is 4.40. The van der Waals surface area contributed by atoms with Gasteiger partial charge >= 0.3 is 5.97 Å². The zero-order valence-corrected chi connectivity index (χ0v) is 14.5. The molecule has 2 aromatic carbocycles. The van der Waals surface area contributed by atoms with Gasteiger partial charge in [-0.05, 0) is 19.9 Å². The van der Waals surface area contributed by atoms with Crippen molar-refractivity contribution in [1.29, 1.82) is 0 Å². The van der Waals surface area contributed by atoms with Crippen LogP contribution in [0.4, 0.5) is 0 Å². The Morgan fingerprint density at radius 2 is 1.50 bits per heavy atom. The van der Waals surface area contributed by atoms with Gasteiger partial charge in [0.25, 0.3) is 0 Å². The standard InChI is InChI=1S/C21H17N3O2/c1-13-3-7-15(8-4-13)18-11-19(16-9-5-14(2)6-10-16)24-20(23-18)17(12-22-24)21(25)26/h3-12H,1-2H3,(H,25,26). The van der Waals surface area contributed by atoms with E-state index in [1.165, 1.54) is 6.20 Å². The molecule has 0 saturated heterocycles. The van der Waals surface area contributed by atoms with Gasteiger partial charge in [0.2, 0.25) is 0 Å². The number of nitrogens with zero attached hydrogens (tertiary/aromatic N) is 3. The summed E-state index contributed by atoms with van der Waals surface area (Å²) in [5.74, 6) is -1.04. The number of rotatable bonds is 3. The lowest BCUT2D eigenvalue weighted by Crippen LogP contribution is -2.02. The maximum absolute atomic E-state index is 11.6. The van der Waals surface area contributed by atoms with Crippen molar-refractivity contribution in [3.05, 3.63) is 77.5 Å². The average Bonchev–Trinajstić information content (AvgIpc) is 3.06. The SMILES string of the molecule is Cc1ccc(-c2cc(-c3ccc(C)cc3)n3ncc(C(=O)O)c3n2)cc1. The van der Waals surface area contributed by atoms with E-state index in [1.807, 2.05) is 68.4 Å². The van der Waals surface area contributed by atoms with Crippen LogP contribution >= 0.6 is 0 Å². The summed E-state index contributed by atoms with van der Waals surface area (Å²) in [7, 11) is 0. The van der Waals surface area contributed by atoms with E-state index in [-0.39, 0.29) is 5.56 Å². The number of benzene rings is 2. The Bertz CT molecular complexity index is 1110. The van der Waals surface area contributed by atoms with Gasteiger partial charge in [0.1, 0.15) is 5.56 Å². The van der Waals surface area contributed by atoms with Crippen LogP contribution in [-0.4, -0.2) is 25.7 Å². The predicted octanol–water partition coefficient (Wildman–Crippen LogP) is 4.38. The summed E-state index contributed by atoms with van der Waals surface area (Å²) in [4.78, 5) is 16.1. The minimum absolute atomic E-state index is 0.0901. The van der Waals surface area contributed by atoms with Gasteiger partial charge in [0, 0.05) is 11.1 Å². The summed E-state index contributed by atoms with van der Waals surface area (Å²) in [6.45, 7) is 4.05. The summed E-state index contributed by atoms with van der Waals surface area (Å²) < 4.78 is 1.59. The first kappa shape index (κ1) is 16.0. The summed E-state index contributed by atoms with van der Waals surface area (Å²) in [5, 5.41) is 13.7. The second-order valence-corrected chi connectivity index (χ2v) is 6.36. The lowest BCUT2D eigenvalue weighted by atomic mass is 10.1. The van der Waals surface area contributed by atoms with Crippen molar-refractivity contribution in [2.75, 3.05) is 0 Å². The van der Waals surface area contributed by atoms with Crippen molar-refractivity contribution in [1.82, 2.24) is 14.6 Å². The number of aromatic nitrogens is 3. The average molecular weight is 343 g/mol. The Hall–Kier alpha value is -3.47. The van der Waals surface area contributed by atoms with E-state index in [2.05, 4.69) is 10.1 Å². The van der Waals surface area contributed by atoms with Gasteiger partial charge in [-0.3, -0.25) is 0 Å². The number of carboxylic acid groups (broad SMARTS) is 1. The molecule has 5 nitrogen and oxygen atoms in total. The predicted molar refractivity (Wildman–Crippen MR) is 100 cm³/mol. The number of hydrogen-bond acceptors (Lipinski definition) is 3. The maximum atomic E-state index is 11.6. The molecule has 0 unspecified atom stereocenters. The van der Waals surface area contributed by atoms with Gasteiger partial charge < -0.3 is 5.11 Å². The smallest absolute Gasteiger partial charge is 0.341 e. The minimum Gasteiger partial charge on any atom is -0.477 e. The van der Waals surface area contributed by atoms with Crippen molar-refractivity contribution in [2.24, 2.45) is 0 Å². The van der Waals surface area contributed by atoms with Crippen molar-refractivity contribution < 1.29 is 9.90 Å². The molecule has 2 heterocycles. The second kappa shape index (κ2) is 6.11. The van der Waals surface area contributed by atoms with Crippen LogP contribution in [0.1, 0.15) is 21.5 Å². The lowest BCUT2D eigenvalue weighted by molar-refractivity contribution is 0.0699. The molecule has 5 heteroatoms. The summed E-state index contributed by atoms with van der Waals surface area (Å²) >= 11 is 0. The van der Waals surface area contributed by atoms with Gasteiger partial charge in [-0.15, -0.1) is 0 Å². The molecular weight excluding hydrogens is 326 g/mol. The van der Waals surface area contributed by atoms with Gasteiger partial charge in [-0.2, -0.15) is 5.10 Å². The maximum Gasteiger partial charge on any atom is 0.341 e. The summed E-state index contributed by atoms with van der Waals surface area (Å²) in [6, 6.07) is 18.0. The zero-order chi connectivity index (χ0) is 18.3. The third kappa shape index (κ3) is 2.73. The molecule has 0 fully saturated rings. The molecule has 128 valence electrons. The highest BCUT2D eigenvalue weighted by Crippen LogP contribution is 2.27. The molecule has 1 N–H and O–H groups in total. The highest BCUT2D eigenvalue weighted by Gasteiger charge is 2.17. The fourth-order valence-electron chi connectivity index (χ4n) is 2.92. The monoisotopic (exact) mass is 343 g/mol. The largest absolute Gasteiger partial charge is 0.477 e. The van der Waals surface area contributed by atoms with Crippen LogP contribution in [-0.2, 0) is 0 Å². The van der Waals surface area contributed by atoms with E-state index in [0.717, 1.165) is 33.6 Å². The van der Waals surface area contributed by atoms with Gasteiger partial charge in [-0.25, -0.2) is 14.3 Å². The van der Waals surface area contributed by atoms with Gasteiger partial charge in [0.05, 0.1) is 17.6 Å². The first-order valence-corrected chi connectivity index (χ1v) is 8.29. The number of aryl methyl sites for hydroxylation is 2. The Morgan fingerprint density at radius 3 is 2.08 bits per heavy atom. The van der Waals surface area contributed by atoms with Crippen LogP contribution in [0.15, 0.2) is 60.8 Å². The molecular formula is C21H17N3O2. The molecule has 0 aliphatic rings. The molecule has 0 spiro atoms. The number of carbonyl (C=O) groups is 1. The molecule has 0 saturated carbocycles. The molecule has 0 radical (unpaired) electrons. The third-order valence-corrected chi connectivity index (χ3v) is 4.40. The van der Waals surface area contributed by atoms with Crippen molar-refractivity contribution >= 4 is 11.6 Å². The Morgan fingerprint density at radius 1 is 0.923 bits per heavy atom. The molecule has 4 aromatic rings. The fourth-order valence-corrected chi connectivity index (χ4v) is 2.92. The van der Waals surface area contributed by atoms with Crippen molar-refractivity contribution in [3.63, 3.8) is 0 Å². The number of fused-ring (bicyclic) bond motifs is 1. The number of aromatic carboxylic acids is 1. The van der Waals surface area contributed by atoms with Crippen LogP contribution in [0, 0.1) is 13.8 Å². The van der Waals surface area contributed by atoms with Crippen LogP contribution in [0.5, 0.6) is 0 Å². The Balaban J connectivity index is 2.01. The van der Waals surface area contributed by atoms with E-state index in [4.69, 9.17) is 0 Å². The quantitative estimate of drug-likeness (QED) is 0.599. The first-order valence-electron chi connectivity index (χ1n) is 8.29. The highest BCUT2D eigenvalue weighted by atomic mass is 16.4. The summed E-state index contributed by atoms with van der Waals surface area (Å²) in [6.07, 6.45) is 1.35.